The average molecular weight is 282 g/mol. The van der Waals surface area contributed by atoms with Crippen LogP contribution in [0.1, 0.15) is 25.3 Å². The summed E-state index contributed by atoms with van der Waals surface area (Å²) in [6.07, 6.45) is 2.20. The fourth-order valence-electron chi connectivity index (χ4n) is 1.69. The zero-order chi connectivity index (χ0) is 14.8. The van der Waals surface area contributed by atoms with Crippen molar-refractivity contribution < 1.29 is 14.4 Å². The molecular formula is C14H22N2O4. The highest BCUT2D eigenvalue weighted by Crippen LogP contribution is 2.22. The number of unbranched alkanes of at least 4 members (excludes halogenated alkanes) is 1. The normalized spacial score (nSPS) is 10.5. The van der Waals surface area contributed by atoms with Crippen LogP contribution in [0.15, 0.2) is 18.2 Å². The van der Waals surface area contributed by atoms with E-state index in [1.165, 1.54) is 13.2 Å². The van der Waals surface area contributed by atoms with Gasteiger partial charge in [-0.05, 0) is 18.1 Å². The predicted molar refractivity (Wildman–Crippen MR) is 77.1 cm³/mol. The van der Waals surface area contributed by atoms with Gasteiger partial charge in [-0.1, -0.05) is 13.3 Å². The van der Waals surface area contributed by atoms with Gasteiger partial charge >= 0.3 is 0 Å². The number of hydrogen-bond acceptors (Lipinski definition) is 5. The molecular weight excluding hydrogens is 260 g/mol. The number of methoxy groups -OCH3 is 1. The second-order valence-corrected chi connectivity index (χ2v) is 4.44. The van der Waals surface area contributed by atoms with Gasteiger partial charge in [0.05, 0.1) is 24.7 Å². The number of non-ortho nitro benzene ring substituents is 1. The van der Waals surface area contributed by atoms with Gasteiger partial charge in [0.25, 0.3) is 5.69 Å². The van der Waals surface area contributed by atoms with E-state index in [0.717, 1.165) is 25.0 Å². The number of benzene rings is 1. The Morgan fingerprint density at radius 2 is 2.10 bits per heavy atom. The molecule has 0 atom stereocenters. The third-order valence-electron chi connectivity index (χ3n) is 2.79. The highest BCUT2D eigenvalue weighted by atomic mass is 16.6. The molecule has 0 radical (unpaired) electrons. The standard InChI is InChI=1S/C14H22N2O4/c1-3-4-6-20-7-5-15-11-12-8-13(16(17)18)10-14(9-12)19-2/h8-10,15H,3-7,11H2,1-2H3. The molecule has 0 unspecified atom stereocenters. The number of nitro benzene ring substituents is 1. The number of nitrogens with zero attached hydrogens (tertiary/aromatic N) is 1. The van der Waals surface area contributed by atoms with Gasteiger partial charge in [0, 0.05) is 25.8 Å². The van der Waals surface area contributed by atoms with Crippen molar-refractivity contribution >= 4 is 5.69 Å². The summed E-state index contributed by atoms with van der Waals surface area (Å²) in [5, 5.41) is 14.0. The third kappa shape index (κ3) is 5.99. The molecule has 0 aliphatic carbocycles. The third-order valence-corrected chi connectivity index (χ3v) is 2.79. The van der Waals surface area contributed by atoms with Crippen molar-refractivity contribution in [3.63, 3.8) is 0 Å². The molecule has 6 nitrogen and oxygen atoms in total. The fourth-order valence-corrected chi connectivity index (χ4v) is 1.69. The molecule has 0 aromatic heterocycles. The van der Waals surface area contributed by atoms with Gasteiger partial charge in [-0.3, -0.25) is 10.1 Å². The van der Waals surface area contributed by atoms with E-state index in [2.05, 4.69) is 12.2 Å². The van der Waals surface area contributed by atoms with E-state index in [-0.39, 0.29) is 5.69 Å². The number of ether oxygens (including phenoxy) is 2. The SMILES string of the molecule is CCCCOCCNCc1cc(OC)cc([N+](=O)[O-])c1. The van der Waals surface area contributed by atoms with Crippen molar-refractivity contribution in [1.29, 1.82) is 0 Å². The molecule has 1 rings (SSSR count). The van der Waals surface area contributed by atoms with E-state index in [1.807, 2.05) is 0 Å². The summed E-state index contributed by atoms with van der Waals surface area (Å²) in [4.78, 5) is 10.4. The molecule has 1 aromatic carbocycles. The Morgan fingerprint density at radius 3 is 2.75 bits per heavy atom. The number of nitrogens with one attached hydrogen (secondary N) is 1. The van der Waals surface area contributed by atoms with Gasteiger partial charge in [-0.15, -0.1) is 0 Å². The van der Waals surface area contributed by atoms with Crippen LogP contribution in [0.25, 0.3) is 0 Å². The first-order valence-corrected chi connectivity index (χ1v) is 6.78. The first-order valence-electron chi connectivity index (χ1n) is 6.78. The highest BCUT2D eigenvalue weighted by Gasteiger charge is 2.09. The van der Waals surface area contributed by atoms with Gasteiger partial charge in [0.15, 0.2) is 0 Å². The average Bonchev–Trinajstić information content (AvgIpc) is 2.46. The zero-order valence-electron chi connectivity index (χ0n) is 12.1. The highest BCUT2D eigenvalue weighted by molar-refractivity contribution is 5.42. The summed E-state index contributed by atoms with van der Waals surface area (Å²) in [6.45, 7) is 4.82. The van der Waals surface area contributed by atoms with E-state index < -0.39 is 4.92 Å². The molecule has 112 valence electrons. The maximum Gasteiger partial charge on any atom is 0.273 e. The summed E-state index contributed by atoms with van der Waals surface area (Å²) >= 11 is 0. The molecule has 0 heterocycles. The Hall–Kier alpha value is -1.66. The van der Waals surface area contributed by atoms with Gasteiger partial charge in [0.2, 0.25) is 0 Å². The number of nitro groups is 1. The predicted octanol–water partition coefficient (Wildman–Crippen LogP) is 2.51. The molecule has 0 spiro atoms. The molecule has 20 heavy (non-hydrogen) atoms. The lowest BCUT2D eigenvalue weighted by Crippen LogP contribution is -2.19. The van der Waals surface area contributed by atoms with Gasteiger partial charge in [-0.2, -0.15) is 0 Å². The lowest BCUT2D eigenvalue weighted by molar-refractivity contribution is -0.385. The van der Waals surface area contributed by atoms with E-state index in [1.54, 1.807) is 12.1 Å². The smallest absolute Gasteiger partial charge is 0.273 e. The van der Waals surface area contributed by atoms with E-state index >= 15 is 0 Å². The van der Waals surface area contributed by atoms with Crippen LogP contribution in [0, 0.1) is 10.1 Å². The van der Waals surface area contributed by atoms with Crippen LogP contribution in [0.3, 0.4) is 0 Å². The summed E-state index contributed by atoms with van der Waals surface area (Å²) < 4.78 is 10.5. The minimum Gasteiger partial charge on any atom is -0.496 e. The summed E-state index contributed by atoms with van der Waals surface area (Å²) in [5.41, 5.74) is 0.866. The maximum absolute atomic E-state index is 10.8. The Balaban J connectivity index is 2.39. The lowest BCUT2D eigenvalue weighted by atomic mass is 10.2. The van der Waals surface area contributed by atoms with Crippen LogP contribution in [0.2, 0.25) is 0 Å². The summed E-state index contributed by atoms with van der Waals surface area (Å²) in [6, 6.07) is 4.75. The topological polar surface area (TPSA) is 73.6 Å². The van der Waals surface area contributed by atoms with Crippen molar-refractivity contribution in [2.24, 2.45) is 0 Å². The molecule has 0 aliphatic rings. The monoisotopic (exact) mass is 282 g/mol. The second kappa shape index (κ2) is 9.28. The van der Waals surface area contributed by atoms with Crippen LogP contribution in [0.4, 0.5) is 5.69 Å². The zero-order valence-corrected chi connectivity index (χ0v) is 12.1. The van der Waals surface area contributed by atoms with Gasteiger partial charge in [0.1, 0.15) is 5.75 Å². The number of hydrogen-bond donors (Lipinski definition) is 1. The summed E-state index contributed by atoms with van der Waals surface area (Å²) in [5.74, 6) is 0.496. The first kappa shape index (κ1) is 16.4. The first-order chi connectivity index (χ1) is 9.67. The maximum atomic E-state index is 10.8. The molecule has 1 N–H and O–H groups in total. The van der Waals surface area contributed by atoms with Crippen molar-refractivity contribution in [2.45, 2.75) is 26.3 Å². The van der Waals surface area contributed by atoms with Crippen LogP contribution in [-0.2, 0) is 11.3 Å². The molecule has 0 bridgehead atoms. The van der Waals surface area contributed by atoms with Crippen LogP contribution in [-0.4, -0.2) is 31.8 Å². The van der Waals surface area contributed by atoms with Crippen LogP contribution >= 0.6 is 0 Å². The molecule has 0 saturated heterocycles. The molecule has 0 aliphatic heterocycles. The number of rotatable bonds is 10. The van der Waals surface area contributed by atoms with Crippen LogP contribution < -0.4 is 10.1 Å². The molecule has 6 heteroatoms. The summed E-state index contributed by atoms with van der Waals surface area (Å²) in [7, 11) is 1.50. The lowest BCUT2D eigenvalue weighted by Gasteiger charge is -2.07. The second-order valence-electron chi connectivity index (χ2n) is 4.44. The van der Waals surface area contributed by atoms with E-state index in [0.29, 0.717) is 25.4 Å². The van der Waals surface area contributed by atoms with Crippen molar-refractivity contribution in [2.75, 3.05) is 26.9 Å². The van der Waals surface area contributed by atoms with E-state index in [4.69, 9.17) is 9.47 Å². The molecule has 0 saturated carbocycles. The van der Waals surface area contributed by atoms with Crippen LogP contribution in [0.5, 0.6) is 5.75 Å². The Kier molecular flexibility index (Phi) is 7.60. The Morgan fingerprint density at radius 1 is 1.30 bits per heavy atom. The minimum absolute atomic E-state index is 0.0420. The molecule has 0 amide bonds. The fraction of sp³-hybridized carbons (Fsp3) is 0.571. The van der Waals surface area contributed by atoms with Crippen molar-refractivity contribution in [3.05, 3.63) is 33.9 Å². The quantitative estimate of drug-likeness (QED) is 0.405. The van der Waals surface area contributed by atoms with Gasteiger partial charge < -0.3 is 14.8 Å². The van der Waals surface area contributed by atoms with Crippen molar-refractivity contribution in [1.82, 2.24) is 5.32 Å². The Labute approximate surface area is 119 Å². The Bertz CT molecular complexity index is 424. The van der Waals surface area contributed by atoms with E-state index in [9.17, 15) is 10.1 Å². The minimum atomic E-state index is -0.417. The van der Waals surface area contributed by atoms with Gasteiger partial charge in [-0.25, -0.2) is 0 Å². The largest absolute Gasteiger partial charge is 0.496 e. The van der Waals surface area contributed by atoms with Crippen molar-refractivity contribution in [3.8, 4) is 5.75 Å². The molecule has 1 aromatic rings. The molecule has 0 fully saturated rings.